The summed E-state index contributed by atoms with van der Waals surface area (Å²) in [5.74, 6) is -1.12. The molecule has 1 aromatic heterocycles. The average Bonchev–Trinajstić information content (AvgIpc) is 2.82. The maximum Gasteiger partial charge on any atom is 1.00 e. The van der Waals surface area contributed by atoms with Gasteiger partial charge >= 0.3 is 51.4 Å². The summed E-state index contributed by atoms with van der Waals surface area (Å²) in [6, 6.07) is 5.10. The van der Waals surface area contributed by atoms with Crippen LogP contribution in [0.3, 0.4) is 0 Å². The van der Waals surface area contributed by atoms with Gasteiger partial charge in [0.2, 0.25) is 0 Å². The molecule has 0 saturated carbocycles. The van der Waals surface area contributed by atoms with E-state index < -0.39 is 5.97 Å². The van der Waals surface area contributed by atoms with E-state index in [1.807, 2.05) is 6.20 Å². The maximum absolute atomic E-state index is 10.9. The Morgan fingerprint density at radius 1 is 1.25 bits per heavy atom. The van der Waals surface area contributed by atoms with Crippen molar-refractivity contribution < 1.29 is 61.3 Å². The number of H-pyrrole nitrogens is 1. The van der Waals surface area contributed by atoms with Gasteiger partial charge in [-0.15, -0.1) is 0 Å². The summed E-state index contributed by atoms with van der Waals surface area (Å²) in [4.78, 5) is 16.6. The molecular weight excluding hydrogens is 279 g/mol. The van der Waals surface area contributed by atoms with Gasteiger partial charge in [-0.05, 0) is 49.2 Å². The van der Waals surface area contributed by atoms with Gasteiger partial charge in [0.15, 0.2) is 0 Å². The summed E-state index contributed by atoms with van der Waals surface area (Å²) < 4.78 is 0. The fraction of sp³-hybridized carbons (Fsp3) is 0.400. The van der Waals surface area contributed by atoms with Crippen LogP contribution in [0.4, 0.5) is 0 Å². The van der Waals surface area contributed by atoms with Crippen molar-refractivity contribution in [2.45, 2.75) is 25.8 Å². The molecule has 0 unspecified atom stereocenters. The Bertz CT molecular complexity index is 603. The number of carboxylic acid groups (broad SMARTS) is 1. The first kappa shape index (κ1) is 16.2. The third-order valence-electron chi connectivity index (χ3n) is 3.85. The topological polar surface area (TPSA) is 59.2 Å². The molecule has 1 N–H and O–H groups in total. The molecular formula is C15H17KN2O2. The first-order valence-electron chi connectivity index (χ1n) is 6.78. The number of piperidine rings is 1. The minimum atomic E-state index is -1.12. The third kappa shape index (κ3) is 3.53. The molecule has 2 heterocycles. The van der Waals surface area contributed by atoms with Gasteiger partial charge in [-0.3, -0.25) is 4.90 Å². The standard InChI is InChI=1S/C15H18N2O2.K/c18-15(19)11-4-5-14-13(8-11)12(9-16-14)10-17-6-2-1-3-7-17;/h4-5,8-9,16H,1-3,6-7,10H2,(H,18,19);/q;+1/p-1. The molecule has 0 aliphatic carbocycles. The molecule has 3 rings (SSSR count). The van der Waals surface area contributed by atoms with Crippen LogP contribution in [0.15, 0.2) is 24.4 Å². The average molecular weight is 296 g/mol. The molecule has 2 aromatic rings. The van der Waals surface area contributed by atoms with Crippen LogP contribution in [-0.2, 0) is 6.54 Å². The second-order valence-electron chi connectivity index (χ2n) is 5.20. The van der Waals surface area contributed by atoms with Crippen LogP contribution in [0.25, 0.3) is 10.9 Å². The van der Waals surface area contributed by atoms with Crippen LogP contribution in [0.2, 0.25) is 0 Å². The zero-order valence-corrected chi connectivity index (χ0v) is 14.9. The SMILES string of the molecule is O=C([O-])c1ccc2[nH]cc(CN3CCCCC3)c2c1.[K+]. The molecule has 5 heteroatoms. The molecule has 1 aliphatic rings. The molecule has 0 radical (unpaired) electrons. The van der Waals surface area contributed by atoms with Crippen LogP contribution in [0.5, 0.6) is 0 Å². The molecule has 0 spiro atoms. The number of carbonyl (C=O) groups is 1. The Hall–Kier alpha value is -0.174. The van der Waals surface area contributed by atoms with Crippen LogP contribution >= 0.6 is 0 Å². The van der Waals surface area contributed by atoms with Crippen LogP contribution in [-0.4, -0.2) is 28.9 Å². The Balaban J connectivity index is 0.00000147. The number of fused-ring (bicyclic) bond motifs is 1. The van der Waals surface area contributed by atoms with Crippen molar-refractivity contribution in [3.63, 3.8) is 0 Å². The number of hydrogen-bond acceptors (Lipinski definition) is 3. The fourth-order valence-corrected chi connectivity index (χ4v) is 2.79. The molecule has 20 heavy (non-hydrogen) atoms. The Labute approximate surface area is 161 Å². The summed E-state index contributed by atoms with van der Waals surface area (Å²) in [6.07, 6.45) is 5.82. The Kier molecular flexibility index (Phi) is 5.83. The normalized spacial score (nSPS) is 16.0. The summed E-state index contributed by atoms with van der Waals surface area (Å²) in [7, 11) is 0. The van der Waals surface area contributed by atoms with Gasteiger partial charge in [-0.25, -0.2) is 0 Å². The van der Waals surface area contributed by atoms with Gasteiger partial charge in [0, 0.05) is 23.6 Å². The molecule has 1 saturated heterocycles. The van der Waals surface area contributed by atoms with Crippen LogP contribution in [0.1, 0.15) is 35.2 Å². The van der Waals surface area contributed by atoms with Crippen molar-refractivity contribution in [2.24, 2.45) is 0 Å². The van der Waals surface area contributed by atoms with Crippen molar-refractivity contribution >= 4 is 16.9 Å². The van der Waals surface area contributed by atoms with Crippen molar-refractivity contribution in [3.05, 3.63) is 35.5 Å². The second kappa shape index (κ2) is 7.20. The summed E-state index contributed by atoms with van der Waals surface area (Å²) in [6.45, 7) is 3.15. The van der Waals surface area contributed by atoms with Gasteiger partial charge in [-0.1, -0.05) is 12.5 Å². The van der Waals surface area contributed by atoms with E-state index in [0.717, 1.165) is 30.5 Å². The molecule has 1 aliphatic heterocycles. The number of likely N-dealkylation sites (tertiary alicyclic amines) is 1. The Morgan fingerprint density at radius 3 is 2.70 bits per heavy atom. The minimum absolute atomic E-state index is 0. The zero-order chi connectivity index (χ0) is 13.2. The summed E-state index contributed by atoms with van der Waals surface area (Å²) >= 11 is 0. The Morgan fingerprint density at radius 2 is 2.00 bits per heavy atom. The van der Waals surface area contributed by atoms with Gasteiger partial charge in [0.1, 0.15) is 0 Å². The molecule has 100 valence electrons. The quantitative estimate of drug-likeness (QED) is 0.703. The van der Waals surface area contributed by atoms with Gasteiger partial charge < -0.3 is 14.9 Å². The van der Waals surface area contributed by atoms with E-state index in [1.165, 1.54) is 24.8 Å². The van der Waals surface area contributed by atoms with Crippen LogP contribution < -0.4 is 56.5 Å². The summed E-state index contributed by atoms with van der Waals surface area (Å²) in [5, 5.41) is 11.9. The van der Waals surface area contributed by atoms with Crippen molar-refractivity contribution in [1.29, 1.82) is 0 Å². The number of aromatic nitrogens is 1. The number of rotatable bonds is 3. The molecule has 1 fully saturated rings. The van der Waals surface area contributed by atoms with E-state index in [0.29, 0.717) is 0 Å². The van der Waals surface area contributed by atoms with Gasteiger partial charge in [0.05, 0.1) is 5.97 Å². The number of nitrogens with zero attached hydrogens (tertiary/aromatic N) is 1. The number of aromatic amines is 1. The van der Waals surface area contributed by atoms with Crippen molar-refractivity contribution in [2.75, 3.05) is 13.1 Å². The summed E-state index contributed by atoms with van der Waals surface area (Å²) in [5.41, 5.74) is 2.39. The number of benzene rings is 1. The number of carbonyl (C=O) groups excluding carboxylic acids is 1. The van der Waals surface area contributed by atoms with E-state index in [4.69, 9.17) is 0 Å². The smallest absolute Gasteiger partial charge is 0.545 e. The molecule has 0 bridgehead atoms. The number of aromatic carboxylic acids is 1. The number of hydrogen-bond donors (Lipinski definition) is 1. The van der Waals surface area contributed by atoms with E-state index in [2.05, 4.69) is 9.88 Å². The molecule has 0 atom stereocenters. The van der Waals surface area contributed by atoms with E-state index in [1.54, 1.807) is 18.2 Å². The molecule has 1 aromatic carbocycles. The fourth-order valence-electron chi connectivity index (χ4n) is 2.79. The predicted molar refractivity (Wildman–Crippen MR) is 71.8 cm³/mol. The third-order valence-corrected chi connectivity index (χ3v) is 3.85. The van der Waals surface area contributed by atoms with Crippen molar-refractivity contribution in [3.8, 4) is 0 Å². The van der Waals surface area contributed by atoms with Gasteiger partial charge in [0.25, 0.3) is 0 Å². The first-order chi connectivity index (χ1) is 9.24. The monoisotopic (exact) mass is 296 g/mol. The van der Waals surface area contributed by atoms with E-state index >= 15 is 0 Å². The van der Waals surface area contributed by atoms with Crippen LogP contribution in [0, 0.1) is 0 Å². The molecule has 4 nitrogen and oxygen atoms in total. The maximum atomic E-state index is 10.9. The largest absolute Gasteiger partial charge is 1.00 e. The predicted octanol–water partition coefficient (Wildman–Crippen LogP) is -1.48. The van der Waals surface area contributed by atoms with Crippen molar-refractivity contribution in [1.82, 2.24) is 9.88 Å². The molecule has 0 amide bonds. The van der Waals surface area contributed by atoms with E-state index in [-0.39, 0.29) is 56.9 Å². The zero-order valence-electron chi connectivity index (χ0n) is 11.8. The minimum Gasteiger partial charge on any atom is -0.545 e. The van der Waals surface area contributed by atoms with Gasteiger partial charge in [-0.2, -0.15) is 0 Å². The number of nitrogens with one attached hydrogen (secondary N) is 1. The first-order valence-corrected chi connectivity index (χ1v) is 6.78. The number of carboxylic acids is 1. The second-order valence-corrected chi connectivity index (χ2v) is 5.20. The van der Waals surface area contributed by atoms with E-state index in [9.17, 15) is 9.90 Å².